The van der Waals surface area contributed by atoms with Gasteiger partial charge in [-0.1, -0.05) is 0 Å². The van der Waals surface area contributed by atoms with Crippen molar-refractivity contribution >= 4 is 21.6 Å². The summed E-state index contributed by atoms with van der Waals surface area (Å²) in [4.78, 5) is 16.8. The molecule has 0 aliphatic heterocycles. The molecule has 3 aromatic heterocycles. The Morgan fingerprint density at radius 1 is 1.33 bits per heavy atom. The minimum Gasteiger partial charge on any atom is -0.298 e. The summed E-state index contributed by atoms with van der Waals surface area (Å²) < 4.78 is 2.47. The molecule has 0 saturated heterocycles. The maximum atomic E-state index is 12.4. The highest BCUT2D eigenvalue weighted by Gasteiger charge is 2.09. The zero-order valence-electron chi connectivity index (χ0n) is 12.4. The van der Waals surface area contributed by atoms with Crippen molar-refractivity contribution in [3.05, 3.63) is 44.6 Å². The number of hydrogen-bond donors (Lipinski definition) is 1. The summed E-state index contributed by atoms with van der Waals surface area (Å²) in [6, 6.07) is 0. The van der Waals surface area contributed by atoms with E-state index in [9.17, 15) is 4.79 Å². The average Bonchev–Trinajstić information content (AvgIpc) is 2.99. The second-order valence-corrected chi connectivity index (χ2v) is 6.24. The number of fused-ring (bicyclic) bond motifs is 1. The molecule has 0 fully saturated rings. The number of aromatic nitrogens is 4. The van der Waals surface area contributed by atoms with Crippen LogP contribution in [-0.4, -0.2) is 19.7 Å². The molecular weight excluding hydrogens is 284 g/mol. The Labute approximate surface area is 126 Å². The highest BCUT2D eigenvalue weighted by atomic mass is 32.1. The molecule has 0 radical (unpaired) electrons. The summed E-state index contributed by atoms with van der Waals surface area (Å²) in [5.74, 6) is 0. The van der Waals surface area contributed by atoms with Crippen molar-refractivity contribution in [2.24, 2.45) is 0 Å². The molecule has 0 aromatic carbocycles. The fourth-order valence-electron chi connectivity index (χ4n) is 2.59. The molecule has 3 rings (SSSR count). The van der Waals surface area contributed by atoms with Crippen molar-refractivity contribution in [3.63, 3.8) is 0 Å². The second-order valence-electron chi connectivity index (χ2n) is 5.36. The lowest BCUT2D eigenvalue weighted by atomic mass is 10.1. The Kier molecular flexibility index (Phi) is 3.63. The smallest absolute Gasteiger partial charge is 0.271 e. The summed E-state index contributed by atoms with van der Waals surface area (Å²) in [6.07, 6.45) is 3.49. The third-order valence-corrected chi connectivity index (χ3v) is 4.91. The minimum atomic E-state index is 0.0683. The van der Waals surface area contributed by atoms with E-state index < -0.39 is 0 Å². The Bertz CT molecular complexity index is 824. The molecule has 0 unspecified atom stereocenters. The zero-order chi connectivity index (χ0) is 15.0. The first-order valence-electron chi connectivity index (χ1n) is 7.01. The summed E-state index contributed by atoms with van der Waals surface area (Å²) in [7, 11) is 0. The van der Waals surface area contributed by atoms with E-state index in [-0.39, 0.29) is 5.56 Å². The predicted molar refractivity (Wildman–Crippen MR) is 85.0 cm³/mol. The maximum Gasteiger partial charge on any atom is 0.271 e. The van der Waals surface area contributed by atoms with Gasteiger partial charge in [-0.2, -0.15) is 5.10 Å². The standard InChI is InChI=1S/C15H18N4OS/c1-9-7-21-14-13(9)16-8-19(15(14)20)6-4-5-12-10(2)17-18-11(12)3/h7-8H,4-6H2,1-3H3,(H,17,18). The zero-order valence-corrected chi connectivity index (χ0v) is 13.3. The lowest BCUT2D eigenvalue weighted by Crippen LogP contribution is -2.20. The monoisotopic (exact) mass is 302 g/mol. The molecule has 5 nitrogen and oxygen atoms in total. The first-order chi connectivity index (χ1) is 10.1. The topological polar surface area (TPSA) is 63.6 Å². The molecule has 0 spiro atoms. The van der Waals surface area contributed by atoms with Gasteiger partial charge in [-0.15, -0.1) is 11.3 Å². The van der Waals surface area contributed by atoms with E-state index in [1.165, 1.54) is 16.9 Å². The quantitative estimate of drug-likeness (QED) is 0.806. The van der Waals surface area contributed by atoms with E-state index in [4.69, 9.17) is 0 Å². The molecule has 0 amide bonds. The molecule has 3 aromatic rings. The summed E-state index contributed by atoms with van der Waals surface area (Å²) in [6.45, 7) is 6.71. The molecule has 0 saturated carbocycles. The van der Waals surface area contributed by atoms with Gasteiger partial charge in [-0.25, -0.2) is 4.98 Å². The molecule has 0 aliphatic carbocycles. The van der Waals surface area contributed by atoms with Gasteiger partial charge < -0.3 is 0 Å². The number of aromatic amines is 1. The van der Waals surface area contributed by atoms with E-state index in [0.717, 1.165) is 40.0 Å². The average molecular weight is 302 g/mol. The van der Waals surface area contributed by atoms with E-state index in [1.54, 1.807) is 10.9 Å². The van der Waals surface area contributed by atoms with Crippen molar-refractivity contribution in [1.29, 1.82) is 0 Å². The minimum absolute atomic E-state index is 0.0683. The van der Waals surface area contributed by atoms with Gasteiger partial charge in [0.1, 0.15) is 4.70 Å². The van der Waals surface area contributed by atoms with E-state index >= 15 is 0 Å². The molecule has 1 N–H and O–H groups in total. The number of nitrogens with one attached hydrogen (secondary N) is 1. The Hall–Kier alpha value is -1.95. The van der Waals surface area contributed by atoms with Gasteiger partial charge in [0.05, 0.1) is 17.5 Å². The molecule has 6 heteroatoms. The lowest BCUT2D eigenvalue weighted by Gasteiger charge is -2.05. The van der Waals surface area contributed by atoms with Crippen molar-refractivity contribution < 1.29 is 0 Å². The Morgan fingerprint density at radius 2 is 2.14 bits per heavy atom. The summed E-state index contributed by atoms with van der Waals surface area (Å²) >= 11 is 1.48. The molecule has 0 atom stereocenters. The van der Waals surface area contributed by atoms with Gasteiger partial charge in [-0.05, 0) is 50.1 Å². The van der Waals surface area contributed by atoms with Crippen LogP contribution >= 0.6 is 11.3 Å². The predicted octanol–water partition coefficient (Wildman–Crippen LogP) is 2.74. The van der Waals surface area contributed by atoms with Gasteiger partial charge in [0.25, 0.3) is 5.56 Å². The maximum absolute atomic E-state index is 12.4. The first kappa shape index (κ1) is 14.0. The van der Waals surface area contributed by atoms with Crippen LogP contribution in [0.5, 0.6) is 0 Å². The van der Waals surface area contributed by atoms with Crippen LogP contribution in [0.1, 0.15) is 28.9 Å². The van der Waals surface area contributed by atoms with Gasteiger partial charge in [0.2, 0.25) is 0 Å². The molecule has 0 aliphatic rings. The lowest BCUT2D eigenvalue weighted by molar-refractivity contribution is 0.616. The number of H-pyrrole nitrogens is 1. The molecule has 21 heavy (non-hydrogen) atoms. The van der Waals surface area contributed by atoms with Crippen molar-refractivity contribution in [1.82, 2.24) is 19.7 Å². The highest BCUT2D eigenvalue weighted by Crippen LogP contribution is 2.19. The summed E-state index contributed by atoms with van der Waals surface area (Å²) in [5.41, 5.74) is 5.39. The van der Waals surface area contributed by atoms with Crippen LogP contribution in [0.15, 0.2) is 16.5 Å². The number of rotatable bonds is 4. The van der Waals surface area contributed by atoms with Crippen LogP contribution in [0.4, 0.5) is 0 Å². The van der Waals surface area contributed by atoms with Crippen LogP contribution in [-0.2, 0) is 13.0 Å². The summed E-state index contributed by atoms with van der Waals surface area (Å²) in [5, 5.41) is 9.18. The van der Waals surface area contributed by atoms with Crippen LogP contribution in [0.25, 0.3) is 10.2 Å². The number of nitrogens with zero attached hydrogens (tertiary/aromatic N) is 3. The second kappa shape index (κ2) is 5.44. The van der Waals surface area contributed by atoms with Crippen LogP contribution in [0.3, 0.4) is 0 Å². The van der Waals surface area contributed by atoms with Crippen molar-refractivity contribution in [2.45, 2.75) is 40.2 Å². The Morgan fingerprint density at radius 3 is 2.86 bits per heavy atom. The normalized spacial score (nSPS) is 11.4. The van der Waals surface area contributed by atoms with E-state index in [1.807, 2.05) is 26.2 Å². The third kappa shape index (κ3) is 2.51. The number of aryl methyl sites for hydroxylation is 4. The van der Waals surface area contributed by atoms with Crippen LogP contribution in [0, 0.1) is 20.8 Å². The largest absolute Gasteiger partial charge is 0.298 e. The van der Waals surface area contributed by atoms with Crippen LogP contribution < -0.4 is 5.56 Å². The number of hydrogen-bond acceptors (Lipinski definition) is 4. The fraction of sp³-hybridized carbons (Fsp3) is 0.400. The SMILES string of the molecule is Cc1n[nH]c(C)c1CCCn1cnc2c(C)csc2c1=O. The fourth-order valence-corrected chi connectivity index (χ4v) is 3.54. The van der Waals surface area contributed by atoms with Gasteiger partial charge in [0.15, 0.2) is 0 Å². The Balaban J connectivity index is 1.77. The third-order valence-electron chi connectivity index (χ3n) is 3.83. The molecule has 3 heterocycles. The van der Waals surface area contributed by atoms with E-state index in [0.29, 0.717) is 6.54 Å². The van der Waals surface area contributed by atoms with E-state index in [2.05, 4.69) is 15.2 Å². The number of thiophene rings is 1. The molecule has 110 valence electrons. The van der Waals surface area contributed by atoms with Gasteiger partial charge in [0, 0.05) is 12.2 Å². The van der Waals surface area contributed by atoms with Crippen molar-refractivity contribution in [2.75, 3.05) is 0 Å². The van der Waals surface area contributed by atoms with Gasteiger partial charge >= 0.3 is 0 Å². The van der Waals surface area contributed by atoms with Crippen molar-refractivity contribution in [3.8, 4) is 0 Å². The van der Waals surface area contributed by atoms with Crippen LogP contribution in [0.2, 0.25) is 0 Å². The highest BCUT2D eigenvalue weighted by molar-refractivity contribution is 7.17. The first-order valence-corrected chi connectivity index (χ1v) is 7.89. The van der Waals surface area contributed by atoms with Gasteiger partial charge in [-0.3, -0.25) is 14.5 Å². The molecular formula is C15H18N4OS. The molecule has 0 bridgehead atoms.